The van der Waals surface area contributed by atoms with Crippen LogP contribution in [0.5, 0.6) is 0 Å². The third kappa shape index (κ3) is 11.6. The van der Waals surface area contributed by atoms with Crippen LogP contribution in [0.25, 0.3) is 0 Å². The van der Waals surface area contributed by atoms with Gasteiger partial charge in [0.05, 0.1) is 30.3 Å². The molecule has 0 aliphatic carbocycles. The van der Waals surface area contributed by atoms with E-state index >= 15 is 0 Å². The van der Waals surface area contributed by atoms with Crippen LogP contribution in [0.4, 0.5) is 0 Å². The summed E-state index contributed by atoms with van der Waals surface area (Å²) in [7, 11) is 4.07. The van der Waals surface area contributed by atoms with Crippen molar-refractivity contribution in [2.75, 3.05) is 14.1 Å². The van der Waals surface area contributed by atoms with Gasteiger partial charge in [0.2, 0.25) is 0 Å². The van der Waals surface area contributed by atoms with Crippen LogP contribution in [0.1, 0.15) is 122 Å². The third-order valence-electron chi connectivity index (χ3n) is 11.0. The number of aliphatic hydroxyl groups is 3. The van der Waals surface area contributed by atoms with Crippen molar-refractivity contribution in [3.8, 4) is 0 Å². The van der Waals surface area contributed by atoms with Crippen LogP contribution in [-0.4, -0.2) is 113 Å². The van der Waals surface area contributed by atoms with Gasteiger partial charge in [0.1, 0.15) is 29.2 Å². The van der Waals surface area contributed by atoms with Gasteiger partial charge in [0.15, 0.2) is 12.6 Å². The highest BCUT2D eigenvalue weighted by Crippen LogP contribution is 2.45. The fourth-order valence-corrected chi connectivity index (χ4v) is 8.37. The number of carbonyl (C=O) groups is 2. The molecular weight excluding hydrogens is 658 g/mol. The Bertz CT molecular complexity index is 1110. The normalized spacial score (nSPS) is 43.5. The van der Waals surface area contributed by atoms with E-state index in [4.69, 9.17) is 28.4 Å². The minimum Gasteiger partial charge on any atom is -0.491 e. The lowest BCUT2D eigenvalue weighted by molar-refractivity contribution is -0.263. The van der Waals surface area contributed by atoms with Gasteiger partial charge in [-0.25, -0.2) is 0 Å². The summed E-state index contributed by atoms with van der Waals surface area (Å²) < 4.78 is 35.4. The van der Waals surface area contributed by atoms with E-state index in [1.165, 1.54) is 6.92 Å². The first kappa shape index (κ1) is 45.4. The van der Waals surface area contributed by atoms with Crippen molar-refractivity contribution >= 4 is 12.4 Å². The molecule has 12 nitrogen and oxygen atoms in total. The highest BCUT2D eigenvalue weighted by molar-refractivity contribution is 5.73. The molecule has 4 rings (SSSR count). The van der Waals surface area contributed by atoms with Gasteiger partial charge in [0.25, 0.3) is 6.47 Å². The van der Waals surface area contributed by atoms with Gasteiger partial charge in [-0.3, -0.25) is 9.59 Å². The van der Waals surface area contributed by atoms with Crippen LogP contribution >= 0.6 is 0 Å². The summed E-state index contributed by atoms with van der Waals surface area (Å²) in [6, 6.07) is 0.466. The number of carbonyl (C=O) groups excluding carboxylic acids is 2. The van der Waals surface area contributed by atoms with E-state index in [0.29, 0.717) is 44.0 Å². The number of esters is 1. The lowest BCUT2D eigenvalue weighted by Gasteiger charge is -2.41. The van der Waals surface area contributed by atoms with E-state index < -0.39 is 59.9 Å². The molecular formula is C39H71NO11. The Kier molecular flexibility index (Phi) is 17.3. The molecule has 9 unspecified atom stereocenters. The zero-order valence-electron chi connectivity index (χ0n) is 33.9. The van der Waals surface area contributed by atoms with E-state index in [9.17, 15) is 24.9 Å². The van der Waals surface area contributed by atoms with E-state index in [1.807, 2.05) is 83.3 Å². The largest absolute Gasteiger partial charge is 0.491 e. The second-order valence-electron chi connectivity index (χ2n) is 15.9. The summed E-state index contributed by atoms with van der Waals surface area (Å²) in [5.74, 6) is -1.10. The Morgan fingerprint density at radius 1 is 0.941 bits per heavy atom. The van der Waals surface area contributed by atoms with Crippen molar-refractivity contribution in [3.05, 3.63) is 11.3 Å². The van der Waals surface area contributed by atoms with Crippen molar-refractivity contribution in [1.29, 1.82) is 0 Å². The Balaban J connectivity index is 0.000000585. The first-order valence-electron chi connectivity index (χ1n) is 19.1. The van der Waals surface area contributed by atoms with Crippen LogP contribution in [-0.2, 0) is 38.0 Å². The molecule has 298 valence electrons. The average molecular weight is 730 g/mol. The SMILES string of the molecule is CC.CC1CC(N(C)C)CC(O)O1.CCC1OC(=O)C(C)C(O[C@H]2CC(C)[C@@H](OC=O)C(C)O2)C(C)C[C@]2(C)CC(C)=C(O2)[C@H](C)[C@@H](O)[C@]1(C)O. The fraction of sp³-hybridized carbons (Fsp3) is 0.897. The summed E-state index contributed by atoms with van der Waals surface area (Å²) in [4.78, 5) is 26.6. The van der Waals surface area contributed by atoms with Gasteiger partial charge in [-0.05, 0) is 86.4 Å². The number of aliphatic hydroxyl groups excluding tert-OH is 2. The molecule has 51 heavy (non-hydrogen) atoms. The fourth-order valence-electron chi connectivity index (χ4n) is 8.37. The molecule has 0 saturated carbocycles. The molecule has 15 atom stereocenters. The average Bonchev–Trinajstić information content (AvgIpc) is 3.36. The molecule has 4 heterocycles. The molecule has 4 aliphatic rings. The molecule has 2 bridgehead atoms. The van der Waals surface area contributed by atoms with Gasteiger partial charge in [-0.15, -0.1) is 0 Å². The van der Waals surface area contributed by atoms with Crippen LogP contribution in [0, 0.1) is 23.7 Å². The van der Waals surface area contributed by atoms with E-state index in [2.05, 4.69) is 4.90 Å². The van der Waals surface area contributed by atoms with Crippen LogP contribution in [0.15, 0.2) is 11.3 Å². The number of ether oxygens (including phenoxy) is 6. The summed E-state index contributed by atoms with van der Waals surface area (Å²) >= 11 is 0. The second-order valence-corrected chi connectivity index (χ2v) is 15.9. The van der Waals surface area contributed by atoms with Crippen molar-refractivity contribution in [2.45, 2.75) is 188 Å². The minimum absolute atomic E-state index is 0.00825. The quantitative estimate of drug-likeness (QED) is 0.239. The zero-order chi connectivity index (χ0) is 39.0. The monoisotopic (exact) mass is 730 g/mol. The lowest BCUT2D eigenvalue weighted by Crippen LogP contribution is -2.54. The third-order valence-corrected chi connectivity index (χ3v) is 11.0. The predicted molar refractivity (Wildman–Crippen MR) is 194 cm³/mol. The Morgan fingerprint density at radius 3 is 2.10 bits per heavy atom. The second kappa shape index (κ2) is 19.5. The summed E-state index contributed by atoms with van der Waals surface area (Å²) in [6.07, 6.45) is -0.543. The number of hydrogen-bond donors (Lipinski definition) is 3. The van der Waals surface area contributed by atoms with Crippen molar-refractivity contribution < 1.29 is 53.3 Å². The molecule has 0 aromatic carbocycles. The molecule has 0 amide bonds. The molecule has 3 saturated heterocycles. The molecule has 3 fully saturated rings. The first-order chi connectivity index (χ1) is 23.7. The first-order valence-corrected chi connectivity index (χ1v) is 19.1. The van der Waals surface area contributed by atoms with Gasteiger partial charge < -0.3 is 48.6 Å². The molecule has 12 heteroatoms. The number of rotatable bonds is 6. The van der Waals surface area contributed by atoms with Gasteiger partial charge in [0, 0.05) is 37.1 Å². The minimum atomic E-state index is -1.69. The zero-order valence-corrected chi connectivity index (χ0v) is 33.9. The topological polar surface area (TPSA) is 153 Å². The summed E-state index contributed by atoms with van der Waals surface area (Å²) in [5, 5.41) is 31.9. The standard InChI is InChI=1S/C29H48O9.C8H17NO2.C2H6/c1-10-21-29(9,33)26(31)18(5)24-17(4)13-28(8,38-24)12-16(3)23(19(6)27(32)36-21)37-22-11-15(2)25(34-14-30)20(7)35-22;1-6-4-7(9(2)3)5-8(10)11-6;1-2/h14-16,18-23,25-26,31,33H,10-13H2,1-9H3;6-8,10H,4-5H2,1-3H3;1-2H3/t15?,16?,18-,19?,20?,21?,22-,23?,25+,26+,28+,29+;;/m0../s1. The van der Waals surface area contributed by atoms with Crippen molar-refractivity contribution in [1.82, 2.24) is 4.90 Å². The summed E-state index contributed by atoms with van der Waals surface area (Å²) in [5.41, 5.74) is -1.21. The van der Waals surface area contributed by atoms with Gasteiger partial charge >= 0.3 is 5.97 Å². The highest BCUT2D eigenvalue weighted by atomic mass is 16.7. The van der Waals surface area contributed by atoms with Gasteiger partial charge in [-0.1, -0.05) is 41.5 Å². The molecule has 4 aliphatic heterocycles. The maximum absolute atomic E-state index is 13.5. The Hall–Kier alpha value is -1.80. The molecule has 3 N–H and O–H groups in total. The predicted octanol–water partition coefficient (Wildman–Crippen LogP) is 5.34. The smallest absolute Gasteiger partial charge is 0.311 e. The Labute approximate surface area is 307 Å². The molecule has 0 aromatic heterocycles. The molecule has 0 radical (unpaired) electrons. The maximum Gasteiger partial charge on any atom is 0.311 e. The Morgan fingerprint density at radius 2 is 1.57 bits per heavy atom. The van der Waals surface area contributed by atoms with Crippen molar-refractivity contribution in [3.63, 3.8) is 0 Å². The number of fused-ring (bicyclic) bond motifs is 2. The van der Waals surface area contributed by atoms with Crippen LogP contribution < -0.4 is 0 Å². The number of nitrogens with zero attached hydrogens (tertiary/aromatic N) is 1. The molecule has 0 spiro atoms. The molecule has 0 aromatic rings. The number of hydrogen-bond acceptors (Lipinski definition) is 12. The highest BCUT2D eigenvalue weighted by Gasteiger charge is 2.50. The van der Waals surface area contributed by atoms with E-state index in [1.54, 1.807) is 6.92 Å². The van der Waals surface area contributed by atoms with Gasteiger partial charge in [-0.2, -0.15) is 0 Å². The number of cyclic esters (lactones) is 1. The summed E-state index contributed by atoms with van der Waals surface area (Å²) in [6.45, 7) is 23.3. The van der Waals surface area contributed by atoms with E-state index in [0.717, 1.165) is 18.4 Å². The van der Waals surface area contributed by atoms with Crippen LogP contribution in [0.2, 0.25) is 0 Å². The lowest BCUT2D eigenvalue weighted by atomic mass is 9.80. The van der Waals surface area contributed by atoms with E-state index in [-0.39, 0.29) is 30.1 Å². The van der Waals surface area contributed by atoms with Crippen molar-refractivity contribution in [2.24, 2.45) is 23.7 Å². The van der Waals surface area contributed by atoms with Crippen LogP contribution in [0.3, 0.4) is 0 Å². The maximum atomic E-state index is 13.5.